The first-order chi connectivity index (χ1) is 28.5. The molecular weight excluding hydrogens is 761 g/mol. The van der Waals surface area contributed by atoms with Crippen molar-refractivity contribution >= 4 is 52.1 Å². The van der Waals surface area contributed by atoms with Gasteiger partial charge in [-0.25, -0.2) is 4.90 Å². The number of carbonyl (C=O) groups excluding carboxylic acids is 3. The minimum atomic E-state index is -2.06. The lowest BCUT2D eigenvalue weighted by Crippen LogP contribution is -2.63. The largest absolute Gasteiger partial charge is 0.460 e. The van der Waals surface area contributed by atoms with Gasteiger partial charge in [0.25, 0.3) is 11.8 Å². The normalized spacial score (nSPS) is 19.7. The molecule has 282 valence electrons. The van der Waals surface area contributed by atoms with Gasteiger partial charge < -0.3 is 4.74 Å². The molecule has 0 radical (unpaired) electrons. The molecule has 0 saturated carbocycles. The van der Waals surface area contributed by atoms with E-state index < -0.39 is 34.2 Å². The Labute approximate surface area is 346 Å². The summed E-state index contributed by atoms with van der Waals surface area (Å²) in [6.45, 7) is 0. The average Bonchev–Trinajstić information content (AvgIpc) is 3.71. The third-order valence-electron chi connectivity index (χ3n) is 11.6. The summed E-state index contributed by atoms with van der Waals surface area (Å²) >= 11 is 9.53. The molecule has 0 N–H and O–H groups in total. The van der Waals surface area contributed by atoms with Crippen LogP contribution in [0.2, 0.25) is 0 Å². The molecule has 0 aromatic heterocycles. The SMILES string of the molecule is ClCCl.O=C1C(c2ccccc2)=C(c2ccccc2)O[C@@]2(c3ccccc3)N1C(=O)[C@@](C(=O)c1ccccc1)(c1ccccc1)C21c2ccccc2-c2ccccc21. The Morgan fingerprint density at radius 2 is 0.931 bits per heavy atom. The monoisotopic (exact) mass is 795 g/mol. The van der Waals surface area contributed by atoms with Gasteiger partial charge in [-0.05, 0) is 33.4 Å². The molecule has 7 aromatic rings. The number of benzene rings is 7. The Bertz CT molecular complexity index is 2660. The number of Topliss-reactive ketones (excluding diaryl/α,β-unsaturated/α-hetero) is 1. The van der Waals surface area contributed by atoms with Crippen LogP contribution in [0.15, 0.2) is 200 Å². The maximum atomic E-state index is 16.6. The molecule has 7 heteroatoms. The number of ketones is 1. The second-order valence-corrected chi connectivity index (χ2v) is 15.1. The number of carbonyl (C=O) groups is 3. The van der Waals surface area contributed by atoms with Crippen LogP contribution in [0.1, 0.15) is 43.7 Å². The molecule has 1 spiro atoms. The van der Waals surface area contributed by atoms with E-state index in [-0.39, 0.29) is 10.9 Å². The van der Waals surface area contributed by atoms with Crippen LogP contribution in [0.3, 0.4) is 0 Å². The van der Waals surface area contributed by atoms with Gasteiger partial charge in [-0.2, -0.15) is 0 Å². The lowest BCUT2D eigenvalue weighted by atomic mass is 9.50. The van der Waals surface area contributed by atoms with Crippen molar-refractivity contribution in [2.75, 3.05) is 5.34 Å². The van der Waals surface area contributed by atoms with Crippen LogP contribution in [0.25, 0.3) is 22.5 Å². The molecule has 3 aliphatic rings. The van der Waals surface area contributed by atoms with Gasteiger partial charge in [-0.1, -0.05) is 200 Å². The Hall–Kier alpha value is -6.53. The fourth-order valence-electron chi connectivity index (χ4n) is 9.62. The van der Waals surface area contributed by atoms with Gasteiger partial charge in [-0.3, -0.25) is 14.4 Å². The van der Waals surface area contributed by atoms with Gasteiger partial charge in [0.05, 0.1) is 10.9 Å². The van der Waals surface area contributed by atoms with Gasteiger partial charge in [-0.15, -0.1) is 23.2 Å². The zero-order chi connectivity index (χ0) is 39.9. The third kappa shape index (κ3) is 5.00. The maximum Gasteiger partial charge on any atom is 0.268 e. The van der Waals surface area contributed by atoms with E-state index in [0.29, 0.717) is 44.7 Å². The lowest BCUT2D eigenvalue weighted by Gasteiger charge is -2.53. The second kappa shape index (κ2) is 14.8. The van der Waals surface area contributed by atoms with Crippen LogP contribution < -0.4 is 0 Å². The van der Waals surface area contributed by atoms with Crippen molar-refractivity contribution in [3.05, 3.63) is 239 Å². The van der Waals surface area contributed by atoms with Crippen molar-refractivity contribution in [3.63, 3.8) is 0 Å². The fourth-order valence-corrected chi connectivity index (χ4v) is 9.62. The lowest BCUT2D eigenvalue weighted by molar-refractivity contribution is -0.169. The van der Waals surface area contributed by atoms with Gasteiger partial charge >= 0.3 is 0 Å². The summed E-state index contributed by atoms with van der Waals surface area (Å²) in [6.07, 6.45) is 0. The number of halogens is 2. The number of imide groups is 1. The van der Waals surface area contributed by atoms with Crippen LogP contribution in [-0.2, 0) is 30.9 Å². The summed E-state index contributed by atoms with van der Waals surface area (Å²) < 4.78 is 7.80. The molecule has 1 aliphatic carbocycles. The molecule has 7 aromatic carbocycles. The van der Waals surface area contributed by atoms with E-state index in [2.05, 4.69) is 0 Å². The summed E-state index contributed by atoms with van der Waals surface area (Å²) in [4.78, 5) is 50.3. The average molecular weight is 797 g/mol. The summed E-state index contributed by atoms with van der Waals surface area (Å²) in [5.74, 6) is -1.32. The quantitative estimate of drug-likeness (QED) is 0.0728. The summed E-state index contributed by atoms with van der Waals surface area (Å²) in [7, 11) is 0. The van der Waals surface area contributed by atoms with Crippen LogP contribution in [0, 0.1) is 0 Å². The standard InChI is InChI=1S/C50H33NO4.CH2Cl2/c52-45(36-24-10-3-11-25-36)48(37-26-12-4-13-27-37)47(54)51-46(53)43(34-20-6-1-7-21-34)44(35-22-8-2-9-23-35)55-50(51,38-28-14-5-15-29-38)49(48)41-32-18-16-30-39(41)40-31-17-19-33-42(40)49;2-1-3/h1-33H;1H2/t48-,50+;/m0./s1. The van der Waals surface area contributed by atoms with E-state index >= 15 is 14.4 Å². The number of ether oxygens (including phenoxy) is 1. The van der Waals surface area contributed by atoms with E-state index in [0.717, 1.165) is 11.1 Å². The fraction of sp³-hybridized carbons (Fsp3) is 0.0784. The number of rotatable bonds is 6. The van der Waals surface area contributed by atoms with Crippen LogP contribution >= 0.6 is 23.2 Å². The van der Waals surface area contributed by atoms with Gasteiger partial charge in [0.15, 0.2) is 11.2 Å². The predicted molar refractivity (Wildman–Crippen MR) is 229 cm³/mol. The first kappa shape index (κ1) is 37.1. The molecule has 2 heterocycles. The predicted octanol–water partition coefficient (Wildman–Crippen LogP) is 11.0. The highest BCUT2D eigenvalue weighted by Gasteiger charge is 2.86. The minimum Gasteiger partial charge on any atom is -0.460 e. The molecule has 2 atom stereocenters. The van der Waals surface area contributed by atoms with Crippen LogP contribution in [0.5, 0.6) is 0 Å². The number of amides is 2. The van der Waals surface area contributed by atoms with Gasteiger partial charge in [0.1, 0.15) is 11.2 Å². The number of hydrogen-bond donors (Lipinski definition) is 0. The Kier molecular flexibility index (Phi) is 9.44. The minimum absolute atomic E-state index is 0.194. The molecule has 2 amide bonds. The summed E-state index contributed by atoms with van der Waals surface area (Å²) in [5, 5.41) is 0.194. The first-order valence-electron chi connectivity index (χ1n) is 18.9. The van der Waals surface area contributed by atoms with Crippen molar-refractivity contribution in [2.24, 2.45) is 0 Å². The number of nitrogens with zero attached hydrogens (tertiary/aromatic N) is 1. The molecule has 1 saturated heterocycles. The molecule has 5 nitrogen and oxygen atoms in total. The highest BCUT2D eigenvalue weighted by molar-refractivity contribution is 6.40. The second-order valence-electron chi connectivity index (χ2n) is 14.2. The molecule has 1 fully saturated rings. The van der Waals surface area contributed by atoms with E-state index in [1.807, 2.05) is 176 Å². The van der Waals surface area contributed by atoms with Crippen molar-refractivity contribution < 1.29 is 19.1 Å². The summed E-state index contributed by atoms with van der Waals surface area (Å²) in [6, 6.07) is 62.5. The molecule has 58 heavy (non-hydrogen) atoms. The van der Waals surface area contributed by atoms with E-state index in [1.54, 1.807) is 24.3 Å². The zero-order valence-corrected chi connectivity index (χ0v) is 32.6. The number of fused-ring (bicyclic) bond motifs is 7. The van der Waals surface area contributed by atoms with Crippen molar-refractivity contribution in [1.82, 2.24) is 4.90 Å². The van der Waals surface area contributed by atoms with E-state index in [1.165, 1.54) is 4.90 Å². The van der Waals surface area contributed by atoms with Crippen molar-refractivity contribution in [1.29, 1.82) is 0 Å². The highest BCUT2D eigenvalue weighted by atomic mass is 35.5. The Balaban J connectivity index is 0.00000141. The van der Waals surface area contributed by atoms with Crippen molar-refractivity contribution in [2.45, 2.75) is 16.6 Å². The Morgan fingerprint density at radius 3 is 1.45 bits per heavy atom. The Morgan fingerprint density at radius 1 is 0.517 bits per heavy atom. The maximum absolute atomic E-state index is 16.6. The smallest absolute Gasteiger partial charge is 0.268 e. The molecule has 2 aliphatic heterocycles. The van der Waals surface area contributed by atoms with E-state index in [9.17, 15) is 0 Å². The van der Waals surface area contributed by atoms with Gasteiger partial charge in [0, 0.05) is 16.7 Å². The van der Waals surface area contributed by atoms with Gasteiger partial charge in [0.2, 0.25) is 5.72 Å². The zero-order valence-electron chi connectivity index (χ0n) is 31.1. The first-order valence-corrected chi connectivity index (χ1v) is 20.0. The number of hydrogen-bond acceptors (Lipinski definition) is 4. The molecular formula is C51H35Cl2NO4. The molecule has 0 bridgehead atoms. The van der Waals surface area contributed by atoms with E-state index in [4.69, 9.17) is 27.9 Å². The van der Waals surface area contributed by atoms with Crippen LogP contribution in [0.4, 0.5) is 0 Å². The highest BCUT2D eigenvalue weighted by Crippen LogP contribution is 2.73. The van der Waals surface area contributed by atoms with Crippen molar-refractivity contribution in [3.8, 4) is 11.1 Å². The summed E-state index contributed by atoms with van der Waals surface area (Å²) in [5.41, 5.74) is 0.357. The van der Waals surface area contributed by atoms with Crippen LogP contribution in [-0.4, -0.2) is 27.8 Å². The topological polar surface area (TPSA) is 63.7 Å². The molecule has 10 rings (SSSR count). The number of alkyl halides is 2. The molecule has 0 unspecified atom stereocenters. The third-order valence-corrected chi connectivity index (χ3v) is 11.6.